The van der Waals surface area contributed by atoms with Gasteiger partial charge in [0.05, 0.1) is 19.3 Å². The van der Waals surface area contributed by atoms with Crippen LogP contribution in [-0.4, -0.2) is 7.11 Å². The molecule has 132 valence electrons. The zero-order valence-corrected chi connectivity index (χ0v) is 15.2. The van der Waals surface area contributed by atoms with Crippen molar-refractivity contribution in [3.63, 3.8) is 0 Å². The molecule has 0 saturated carbocycles. The van der Waals surface area contributed by atoms with E-state index in [1.165, 1.54) is 33.4 Å². The van der Waals surface area contributed by atoms with Crippen LogP contribution in [0, 0.1) is 11.3 Å². The highest BCUT2D eigenvalue weighted by Gasteiger charge is 2.35. The van der Waals surface area contributed by atoms with Crippen molar-refractivity contribution in [2.24, 2.45) is 0 Å². The highest BCUT2D eigenvalue weighted by atomic mass is 16.5. The Morgan fingerprint density at radius 1 is 0.963 bits per heavy atom. The zero-order valence-electron chi connectivity index (χ0n) is 15.2. The molecule has 27 heavy (non-hydrogen) atoms. The van der Waals surface area contributed by atoms with Crippen LogP contribution < -0.4 is 4.74 Å². The largest absolute Gasteiger partial charge is 0.496 e. The molecule has 3 aliphatic rings. The summed E-state index contributed by atoms with van der Waals surface area (Å²) in [7, 11) is 1.73. The van der Waals surface area contributed by atoms with Crippen LogP contribution in [-0.2, 0) is 17.6 Å². The first kappa shape index (κ1) is 16.0. The van der Waals surface area contributed by atoms with Crippen LogP contribution in [0.15, 0.2) is 65.6 Å². The number of allylic oxidation sites excluding steroid dienone is 5. The van der Waals surface area contributed by atoms with Gasteiger partial charge in [-0.15, -0.1) is 0 Å². The number of fused-ring (bicyclic) bond motifs is 5. The van der Waals surface area contributed by atoms with Gasteiger partial charge in [0.15, 0.2) is 0 Å². The number of hydrogen-bond acceptors (Lipinski definition) is 3. The van der Waals surface area contributed by atoms with Crippen molar-refractivity contribution in [1.29, 1.82) is 5.26 Å². The Morgan fingerprint density at radius 2 is 1.81 bits per heavy atom. The fourth-order valence-corrected chi connectivity index (χ4v) is 4.57. The lowest BCUT2D eigenvalue weighted by molar-refractivity contribution is 0.293. The van der Waals surface area contributed by atoms with Crippen LogP contribution in [0.4, 0.5) is 0 Å². The molecule has 0 aromatic heterocycles. The lowest BCUT2D eigenvalue weighted by Crippen LogP contribution is -2.19. The van der Waals surface area contributed by atoms with Crippen LogP contribution in [0.1, 0.15) is 35.1 Å². The normalized spacial score (nSPS) is 18.7. The van der Waals surface area contributed by atoms with Gasteiger partial charge in [-0.2, -0.15) is 5.26 Å². The lowest BCUT2D eigenvalue weighted by atomic mass is 9.74. The molecule has 5 rings (SSSR count). The van der Waals surface area contributed by atoms with Crippen molar-refractivity contribution in [2.45, 2.75) is 25.7 Å². The van der Waals surface area contributed by atoms with Crippen LogP contribution >= 0.6 is 0 Å². The Balaban J connectivity index is 1.82. The minimum absolute atomic E-state index is 0.715. The number of benzene rings is 2. The first-order chi connectivity index (χ1) is 13.3. The van der Waals surface area contributed by atoms with Gasteiger partial charge in [-0.25, -0.2) is 0 Å². The standard InChI is InChI=1S/C24H19NO2/c1-26-20-8-4-7-18-17(20)11-12-22-24(18)23-16-6-3-2-5-15(16)9-10-19(23)21(27-22)13-14-25/h2-8,13H,9-12H2,1H3/b21-13-. The number of hydrogen-bond donors (Lipinski definition) is 0. The molecule has 2 aromatic carbocycles. The molecule has 0 atom stereocenters. The van der Waals surface area contributed by atoms with Gasteiger partial charge in [-0.1, -0.05) is 36.4 Å². The topological polar surface area (TPSA) is 42.2 Å². The van der Waals surface area contributed by atoms with Crippen LogP contribution in [0.3, 0.4) is 0 Å². The van der Waals surface area contributed by atoms with E-state index in [1.807, 2.05) is 12.1 Å². The fraction of sp³-hybridized carbons (Fsp3) is 0.208. The van der Waals surface area contributed by atoms with E-state index in [9.17, 15) is 5.26 Å². The van der Waals surface area contributed by atoms with Crippen molar-refractivity contribution in [1.82, 2.24) is 0 Å². The summed E-state index contributed by atoms with van der Waals surface area (Å²) in [5, 5.41) is 9.26. The van der Waals surface area contributed by atoms with E-state index in [0.29, 0.717) is 5.76 Å². The van der Waals surface area contributed by atoms with E-state index < -0.39 is 0 Å². The maximum atomic E-state index is 9.26. The van der Waals surface area contributed by atoms with Crippen LogP contribution in [0.5, 0.6) is 5.75 Å². The molecule has 0 saturated heterocycles. The summed E-state index contributed by atoms with van der Waals surface area (Å²) < 4.78 is 11.9. The highest BCUT2D eigenvalue weighted by Crippen LogP contribution is 2.52. The molecule has 0 spiro atoms. The molecule has 0 N–H and O–H groups in total. The summed E-state index contributed by atoms with van der Waals surface area (Å²) >= 11 is 0. The third kappa shape index (κ3) is 2.34. The zero-order chi connectivity index (χ0) is 18.4. The molecule has 0 bridgehead atoms. The van der Waals surface area contributed by atoms with Gasteiger partial charge in [-0.3, -0.25) is 0 Å². The summed E-state index contributed by atoms with van der Waals surface area (Å²) in [6.07, 6.45) is 5.09. The number of nitriles is 1. The quantitative estimate of drug-likeness (QED) is 0.663. The Hall–Kier alpha value is -3.25. The SMILES string of the molecule is COc1cccc2c1CCC1=C2C2=C(CCc3ccccc32)/C(=C/C#N)O1. The van der Waals surface area contributed by atoms with Crippen molar-refractivity contribution in [3.8, 4) is 11.8 Å². The van der Waals surface area contributed by atoms with E-state index in [1.54, 1.807) is 13.2 Å². The smallest absolute Gasteiger partial charge is 0.141 e. The minimum atomic E-state index is 0.715. The molecule has 1 aliphatic heterocycles. The van der Waals surface area contributed by atoms with E-state index in [2.05, 4.69) is 36.4 Å². The minimum Gasteiger partial charge on any atom is -0.496 e. The molecule has 0 amide bonds. The third-order valence-corrected chi connectivity index (χ3v) is 5.71. The summed E-state index contributed by atoms with van der Waals surface area (Å²) in [6.45, 7) is 0. The van der Waals surface area contributed by atoms with E-state index in [4.69, 9.17) is 9.47 Å². The molecule has 3 nitrogen and oxygen atoms in total. The van der Waals surface area contributed by atoms with Gasteiger partial charge in [0, 0.05) is 28.7 Å². The maximum Gasteiger partial charge on any atom is 0.141 e. The summed E-state index contributed by atoms with van der Waals surface area (Å²) in [4.78, 5) is 0. The van der Waals surface area contributed by atoms with Gasteiger partial charge < -0.3 is 9.47 Å². The van der Waals surface area contributed by atoms with Gasteiger partial charge in [0.2, 0.25) is 0 Å². The summed E-state index contributed by atoms with van der Waals surface area (Å²) in [5.74, 6) is 2.61. The lowest BCUT2D eigenvalue weighted by Gasteiger charge is -2.35. The number of rotatable bonds is 1. The van der Waals surface area contributed by atoms with E-state index in [0.717, 1.165) is 42.8 Å². The van der Waals surface area contributed by atoms with Crippen molar-refractivity contribution in [3.05, 3.63) is 87.9 Å². The monoisotopic (exact) mass is 353 g/mol. The Morgan fingerprint density at radius 3 is 2.67 bits per heavy atom. The number of aryl methyl sites for hydroxylation is 1. The van der Waals surface area contributed by atoms with Crippen molar-refractivity contribution < 1.29 is 9.47 Å². The number of nitrogens with zero attached hydrogens (tertiary/aromatic N) is 1. The predicted octanol–water partition coefficient (Wildman–Crippen LogP) is 5.19. The number of ether oxygens (including phenoxy) is 2. The summed E-state index contributed by atoms with van der Waals surface area (Å²) in [6, 6.07) is 17.0. The molecule has 0 radical (unpaired) electrons. The first-order valence-electron chi connectivity index (χ1n) is 9.31. The molecule has 2 aliphatic carbocycles. The molecule has 0 fully saturated rings. The summed E-state index contributed by atoms with van der Waals surface area (Å²) in [5.41, 5.74) is 8.59. The van der Waals surface area contributed by atoms with Gasteiger partial charge in [-0.05, 0) is 42.0 Å². The van der Waals surface area contributed by atoms with Gasteiger partial charge in [0.25, 0.3) is 0 Å². The molecular weight excluding hydrogens is 334 g/mol. The van der Waals surface area contributed by atoms with Crippen LogP contribution in [0.25, 0.3) is 11.1 Å². The predicted molar refractivity (Wildman–Crippen MR) is 105 cm³/mol. The van der Waals surface area contributed by atoms with Crippen molar-refractivity contribution >= 4 is 11.1 Å². The molecule has 1 heterocycles. The van der Waals surface area contributed by atoms with Crippen molar-refractivity contribution in [2.75, 3.05) is 7.11 Å². The average molecular weight is 353 g/mol. The first-order valence-corrected chi connectivity index (χ1v) is 9.31. The molecule has 0 unspecified atom stereocenters. The fourth-order valence-electron chi connectivity index (χ4n) is 4.57. The average Bonchev–Trinajstić information content (AvgIpc) is 2.72. The second-order valence-electron chi connectivity index (χ2n) is 7.04. The van der Waals surface area contributed by atoms with Gasteiger partial charge >= 0.3 is 0 Å². The number of methoxy groups -OCH3 is 1. The Kier molecular flexibility index (Phi) is 3.65. The Labute approximate surface area is 158 Å². The second kappa shape index (κ2) is 6.17. The molecule has 3 heteroatoms. The molecule has 2 aromatic rings. The molecular formula is C24H19NO2. The van der Waals surface area contributed by atoms with Crippen LogP contribution in [0.2, 0.25) is 0 Å². The Bertz CT molecular complexity index is 1100. The third-order valence-electron chi connectivity index (χ3n) is 5.71. The highest BCUT2D eigenvalue weighted by molar-refractivity contribution is 6.11. The second-order valence-corrected chi connectivity index (χ2v) is 7.04. The maximum absolute atomic E-state index is 9.26. The van der Waals surface area contributed by atoms with E-state index in [-0.39, 0.29) is 0 Å². The van der Waals surface area contributed by atoms with E-state index >= 15 is 0 Å². The van der Waals surface area contributed by atoms with Gasteiger partial charge in [0.1, 0.15) is 17.3 Å².